The third kappa shape index (κ3) is 1.63. The molecule has 0 fully saturated rings. The molecule has 0 bridgehead atoms. The van der Waals surface area contributed by atoms with Gasteiger partial charge in [-0.15, -0.1) is 0 Å². The lowest BCUT2D eigenvalue weighted by Gasteiger charge is -2.07. The molecule has 16 heavy (non-hydrogen) atoms. The van der Waals surface area contributed by atoms with Crippen molar-refractivity contribution in [2.24, 2.45) is 0 Å². The van der Waals surface area contributed by atoms with E-state index in [-0.39, 0.29) is 11.3 Å². The topological polar surface area (TPSA) is 70.4 Å². The van der Waals surface area contributed by atoms with E-state index in [1.165, 1.54) is 0 Å². The molecule has 0 aliphatic heterocycles. The number of fused-ring (bicyclic) bond motifs is 1. The molecule has 0 radical (unpaired) electrons. The molecule has 1 aromatic carbocycles. The fourth-order valence-electron chi connectivity index (χ4n) is 1.60. The molecule has 2 rings (SSSR count). The highest BCUT2D eigenvalue weighted by Crippen LogP contribution is 2.30. The van der Waals surface area contributed by atoms with Crippen molar-refractivity contribution in [2.45, 2.75) is 6.92 Å². The average Bonchev–Trinajstić information content (AvgIpc) is 2.15. The van der Waals surface area contributed by atoms with Gasteiger partial charge < -0.3 is 10.2 Å². The zero-order chi connectivity index (χ0) is 11.9. The summed E-state index contributed by atoms with van der Waals surface area (Å²) in [5, 5.41) is 19.2. The largest absolute Gasteiger partial charge is 0.506 e. The van der Waals surface area contributed by atoms with E-state index < -0.39 is 5.97 Å². The van der Waals surface area contributed by atoms with Crippen molar-refractivity contribution in [1.29, 1.82) is 0 Å². The Bertz CT molecular complexity index is 595. The maximum absolute atomic E-state index is 10.9. The lowest BCUT2D eigenvalue weighted by Crippen LogP contribution is -2.03. The number of aromatic carboxylic acids is 1. The summed E-state index contributed by atoms with van der Waals surface area (Å²) in [5.41, 5.74) is 0.722. The number of pyridine rings is 1. The molecule has 0 saturated heterocycles. The fourth-order valence-corrected chi connectivity index (χ4v) is 1.95. The van der Waals surface area contributed by atoms with Crippen LogP contribution in [0.5, 0.6) is 5.75 Å². The minimum atomic E-state index is -1.17. The van der Waals surface area contributed by atoms with Crippen LogP contribution in [0, 0.1) is 6.92 Å². The molecule has 1 heterocycles. The van der Waals surface area contributed by atoms with E-state index in [4.69, 9.17) is 5.11 Å². The first kappa shape index (κ1) is 10.9. The molecule has 2 N–H and O–H groups in total. The number of aromatic hydroxyl groups is 1. The molecule has 0 aliphatic carbocycles. The molecule has 0 saturated carbocycles. The highest BCUT2D eigenvalue weighted by Gasteiger charge is 2.17. The highest BCUT2D eigenvalue weighted by molar-refractivity contribution is 9.10. The molecule has 0 aliphatic rings. The van der Waals surface area contributed by atoms with E-state index in [2.05, 4.69) is 20.9 Å². The molecule has 2 aromatic rings. The summed E-state index contributed by atoms with van der Waals surface area (Å²) in [6.07, 6.45) is 0. The first-order valence-corrected chi connectivity index (χ1v) is 5.32. The SMILES string of the molecule is Cc1nc2cc(Br)ccc2c(O)c1C(=O)O. The van der Waals surface area contributed by atoms with Crippen LogP contribution in [0.4, 0.5) is 0 Å². The molecule has 0 amide bonds. The summed E-state index contributed by atoms with van der Waals surface area (Å²) in [4.78, 5) is 15.1. The quantitative estimate of drug-likeness (QED) is 0.843. The van der Waals surface area contributed by atoms with Gasteiger partial charge in [0.15, 0.2) is 0 Å². The second-order valence-corrected chi connectivity index (χ2v) is 4.30. The maximum atomic E-state index is 10.9. The van der Waals surface area contributed by atoms with Crippen molar-refractivity contribution < 1.29 is 15.0 Å². The van der Waals surface area contributed by atoms with Gasteiger partial charge in [-0.05, 0) is 25.1 Å². The Balaban J connectivity index is 2.89. The van der Waals surface area contributed by atoms with Gasteiger partial charge in [0.1, 0.15) is 11.3 Å². The van der Waals surface area contributed by atoms with Crippen LogP contribution in [-0.4, -0.2) is 21.2 Å². The van der Waals surface area contributed by atoms with Gasteiger partial charge in [-0.3, -0.25) is 4.98 Å². The molecule has 1 aromatic heterocycles. The van der Waals surface area contributed by atoms with E-state index in [1.807, 2.05) is 0 Å². The average molecular weight is 282 g/mol. The number of carboxylic acid groups (broad SMARTS) is 1. The van der Waals surface area contributed by atoms with Gasteiger partial charge in [0.2, 0.25) is 0 Å². The number of rotatable bonds is 1. The predicted octanol–water partition coefficient (Wildman–Crippen LogP) is 2.71. The van der Waals surface area contributed by atoms with Crippen molar-refractivity contribution >= 4 is 32.8 Å². The summed E-state index contributed by atoms with van der Waals surface area (Å²) in [7, 11) is 0. The van der Waals surface area contributed by atoms with E-state index >= 15 is 0 Å². The normalized spacial score (nSPS) is 10.6. The standard InChI is InChI=1S/C11H8BrNO3/c1-5-9(11(15)16)10(14)7-3-2-6(12)4-8(7)13-5/h2-4H,1H3,(H,13,14)(H,15,16). The monoisotopic (exact) mass is 281 g/mol. The van der Waals surface area contributed by atoms with Gasteiger partial charge in [-0.2, -0.15) is 0 Å². The molecule has 0 unspecified atom stereocenters. The third-order valence-electron chi connectivity index (χ3n) is 2.32. The van der Waals surface area contributed by atoms with Crippen LogP contribution in [0.25, 0.3) is 10.9 Å². The van der Waals surface area contributed by atoms with Crippen LogP contribution in [0.15, 0.2) is 22.7 Å². The van der Waals surface area contributed by atoms with Crippen molar-refractivity contribution in [3.8, 4) is 5.75 Å². The van der Waals surface area contributed by atoms with Crippen LogP contribution >= 0.6 is 15.9 Å². The van der Waals surface area contributed by atoms with Crippen LogP contribution in [0.3, 0.4) is 0 Å². The van der Waals surface area contributed by atoms with Crippen LogP contribution in [0.1, 0.15) is 16.1 Å². The summed E-state index contributed by atoms with van der Waals surface area (Å²) in [6, 6.07) is 5.09. The number of aromatic nitrogens is 1. The zero-order valence-corrected chi connectivity index (χ0v) is 9.95. The van der Waals surface area contributed by atoms with Crippen molar-refractivity contribution in [3.63, 3.8) is 0 Å². The summed E-state index contributed by atoms with van der Waals surface area (Å²) >= 11 is 3.29. The third-order valence-corrected chi connectivity index (χ3v) is 2.81. The molecular weight excluding hydrogens is 274 g/mol. The van der Waals surface area contributed by atoms with Gasteiger partial charge in [-0.1, -0.05) is 15.9 Å². The smallest absolute Gasteiger partial charge is 0.341 e. The van der Waals surface area contributed by atoms with Gasteiger partial charge in [0.05, 0.1) is 11.2 Å². The number of aryl methyl sites for hydroxylation is 1. The van der Waals surface area contributed by atoms with Crippen molar-refractivity contribution in [3.05, 3.63) is 33.9 Å². The van der Waals surface area contributed by atoms with Crippen molar-refractivity contribution in [1.82, 2.24) is 4.98 Å². The minimum Gasteiger partial charge on any atom is -0.506 e. The van der Waals surface area contributed by atoms with Crippen LogP contribution in [0.2, 0.25) is 0 Å². The van der Waals surface area contributed by atoms with Gasteiger partial charge in [0.25, 0.3) is 0 Å². The van der Waals surface area contributed by atoms with E-state index in [0.29, 0.717) is 16.6 Å². The molecule has 0 spiro atoms. The summed E-state index contributed by atoms with van der Waals surface area (Å²) in [5.74, 6) is -1.41. The Morgan fingerprint density at radius 3 is 2.75 bits per heavy atom. The molecule has 82 valence electrons. The molecular formula is C11H8BrNO3. The first-order valence-electron chi connectivity index (χ1n) is 4.53. The number of nitrogens with zero attached hydrogens (tertiary/aromatic N) is 1. The molecule has 0 atom stereocenters. The number of carbonyl (C=O) groups is 1. The maximum Gasteiger partial charge on any atom is 0.341 e. The number of hydrogen-bond donors (Lipinski definition) is 2. The second kappa shape index (κ2) is 3.75. The van der Waals surface area contributed by atoms with E-state index in [1.54, 1.807) is 25.1 Å². The van der Waals surface area contributed by atoms with Crippen LogP contribution in [-0.2, 0) is 0 Å². The predicted molar refractivity (Wildman–Crippen MR) is 62.8 cm³/mol. The lowest BCUT2D eigenvalue weighted by molar-refractivity contribution is 0.0692. The number of halogens is 1. The van der Waals surface area contributed by atoms with Crippen molar-refractivity contribution in [2.75, 3.05) is 0 Å². The Morgan fingerprint density at radius 1 is 1.44 bits per heavy atom. The van der Waals surface area contributed by atoms with E-state index in [0.717, 1.165) is 4.47 Å². The van der Waals surface area contributed by atoms with E-state index in [9.17, 15) is 9.90 Å². The number of benzene rings is 1. The summed E-state index contributed by atoms with van der Waals surface area (Å²) < 4.78 is 0.828. The first-order chi connectivity index (χ1) is 7.50. The zero-order valence-electron chi connectivity index (χ0n) is 8.36. The van der Waals surface area contributed by atoms with Gasteiger partial charge in [0, 0.05) is 9.86 Å². The fraction of sp³-hybridized carbons (Fsp3) is 0.0909. The number of carboxylic acids is 1. The second-order valence-electron chi connectivity index (χ2n) is 3.39. The lowest BCUT2D eigenvalue weighted by atomic mass is 10.1. The van der Waals surface area contributed by atoms with Gasteiger partial charge in [-0.25, -0.2) is 4.79 Å². The Kier molecular flexibility index (Phi) is 2.55. The summed E-state index contributed by atoms with van der Waals surface area (Å²) in [6.45, 7) is 1.56. The minimum absolute atomic E-state index is 0.144. The van der Waals surface area contributed by atoms with Crippen LogP contribution < -0.4 is 0 Å². The van der Waals surface area contributed by atoms with Gasteiger partial charge >= 0.3 is 5.97 Å². The Labute approximate surface area is 99.7 Å². The Hall–Kier alpha value is -1.62. The molecule has 5 heteroatoms. The molecule has 4 nitrogen and oxygen atoms in total. The number of hydrogen-bond acceptors (Lipinski definition) is 3. The highest BCUT2D eigenvalue weighted by atomic mass is 79.9. The Morgan fingerprint density at radius 2 is 2.12 bits per heavy atom.